The molecule has 0 fully saturated rings. The largest absolute Gasteiger partial charge is 0.496 e. The quantitative estimate of drug-likeness (QED) is 0.752. The lowest BCUT2D eigenvalue weighted by Gasteiger charge is -2.14. The van der Waals surface area contributed by atoms with E-state index in [1.54, 1.807) is 25.3 Å². The average molecular weight is 381 g/mol. The minimum Gasteiger partial charge on any atom is -0.496 e. The number of amides is 1. The van der Waals surface area contributed by atoms with E-state index < -0.39 is 21.8 Å². The van der Waals surface area contributed by atoms with E-state index in [9.17, 15) is 13.2 Å². The van der Waals surface area contributed by atoms with Gasteiger partial charge in [0.1, 0.15) is 5.75 Å². The minimum atomic E-state index is -3.97. The zero-order chi connectivity index (χ0) is 19.0. The fourth-order valence-electron chi connectivity index (χ4n) is 3.77. The SMILES string of the molecule is COc1cccc2c1CCC2C(=O)NS(=O)(=O)c1cccc2ccccc12. The predicted molar refractivity (Wildman–Crippen MR) is 103 cm³/mol. The van der Waals surface area contributed by atoms with Crippen molar-refractivity contribution in [1.82, 2.24) is 4.72 Å². The van der Waals surface area contributed by atoms with Crippen LogP contribution in [0.5, 0.6) is 5.75 Å². The predicted octanol–water partition coefficient (Wildman–Crippen LogP) is 3.38. The first kappa shape index (κ1) is 17.5. The molecule has 0 saturated carbocycles. The molecule has 0 radical (unpaired) electrons. The van der Waals surface area contributed by atoms with Gasteiger partial charge in [0.25, 0.3) is 10.0 Å². The lowest BCUT2D eigenvalue weighted by atomic mass is 10.0. The molecule has 3 aromatic carbocycles. The third-order valence-corrected chi connectivity index (χ3v) is 6.44. The average Bonchev–Trinajstić information content (AvgIpc) is 3.11. The summed E-state index contributed by atoms with van der Waals surface area (Å²) in [5, 5.41) is 1.40. The number of sulfonamides is 1. The highest BCUT2D eigenvalue weighted by molar-refractivity contribution is 7.90. The molecule has 0 aliphatic heterocycles. The molecule has 6 heteroatoms. The van der Waals surface area contributed by atoms with Crippen LogP contribution in [0.15, 0.2) is 65.6 Å². The molecular weight excluding hydrogens is 362 g/mol. The normalized spacial score (nSPS) is 16.1. The second-order valence-electron chi connectivity index (χ2n) is 6.57. The van der Waals surface area contributed by atoms with Crippen LogP contribution in [0.3, 0.4) is 0 Å². The molecule has 27 heavy (non-hydrogen) atoms. The Bertz CT molecular complexity index is 1130. The molecule has 138 valence electrons. The van der Waals surface area contributed by atoms with E-state index in [-0.39, 0.29) is 4.90 Å². The monoisotopic (exact) mass is 381 g/mol. The third-order valence-electron chi connectivity index (χ3n) is 5.04. The summed E-state index contributed by atoms with van der Waals surface area (Å²) in [5.74, 6) is -0.269. The highest BCUT2D eigenvalue weighted by Gasteiger charge is 2.33. The Morgan fingerprint density at radius 1 is 1.04 bits per heavy atom. The van der Waals surface area contributed by atoms with Crippen molar-refractivity contribution in [2.75, 3.05) is 7.11 Å². The summed E-state index contributed by atoms with van der Waals surface area (Å²) in [6.07, 6.45) is 1.25. The van der Waals surface area contributed by atoms with Crippen LogP contribution in [0, 0.1) is 0 Å². The Labute approximate surface area is 158 Å². The van der Waals surface area contributed by atoms with Gasteiger partial charge in [-0.1, -0.05) is 48.5 Å². The van der Waals surface area contributed by atoms with Crippen molar-refractivity contribution in [1.29, 1.82) is 0 Å². The maximum Gasteiger partial charge on any atom is 0.264 e. The number of methoxy groups -OCH3 is 1. The first-order chi connectivity index (χ1) is 13.0. The van der Waals surface area contributed by atoms with E-state index >= 15 is 0 Å². The summed E-state index contributed by atoms with van der Waals surface area (Å²) in [4.78, 5) is 12.9. The van der Waals surface area contributed by atoms with Crippen LogP contribution in [-0.2, 0) is 21.2 Å². The van der Waals surface area contributed by atoms with Gasteiger partial charge < -0.3 is 4.74 Å². The summed E-state index contributed by atoms with van der Waals surface area (Å²) in [5.41, 5.74) is 1.81. The smallest absolute Gasteiger partial charge is 0.264 e. The van der Waals surface area contributed by atoms with Crippen molar-refractivity contribution in [3.63, 3.8) is 0 Å². The second kappa shape index (κ2) is 6.70. The molecule has 0 bridgehead atoms. The van der Waals surface area contributed by atoms with Gasteiger partial charge in [-0.05, 0) is 41.5 Å². The van der Waals surface area contributed by atoms with Crippen molar-refractivity contribution in [2.24, 2.45) is 0 Å². The number of carbonyl (C=O) groups excluding carboxylic acids is 1. The van der Waals surface area contributed by atoms with E-state index in [0.29, 0.717) is 18.2 Å². The van der Waals surface area contributed by atoms with Gasteiger partial charge >= 0.3 is 0 Å². The highest BCUT2D eigenvalue weighted by Crippen LogP contribution is 2.38. The third kappa shape index (κ3) is 3.06. The van der Waals surface area contributed by atoms with Crippen LogP contribution in [0.4, 0.5) is 0 Å². The number of benzene rings is 3. The number of hydrogen-bond donors (Lipinski definition) is 1. The van der Waals surface area contributed by atoms with E-state index in [2.05, 4.69) is 4.72 Å². The molecule has 0 spiro atoms. The topological polar surface area (TPSA) is 72.5 Å². The van der Waals surface area contributed by atoms with Crippen molar-refractivity contribution in [3.05, 3.63) is 71.8 Å². The standard InChI is InChI=1S/C21H19NO4S/c1-26-19-10-5-9-16-17(19)12-13-18(16)21(23)22-27(24,25)20-11-4-7-14-6-2-3-8-15(14)20/h2-11,18H,12-13H2,1H3,(H,22,23). The molecule has 1 amide bonds. The molecular formula is C21H19NO4S. The van der Waals surface area contributed by atoms with Gasteiger partial charge in [0.05, 0.1) is 17.9 Å². The molecule has 0 saturated heterocycles. The molecule has 0 aromatic heterocycles. The summed E-state index contributed by atoms with van der Waals surface area (Å²) in [6, 6.07) is 17.8. The molecule has 5 nitrogen and oxygen atoms in total. The van der Waals surface area contributed by atoms with Crippen LogP contribution >= 0.6 is 0 Å². The minimum absolute atomic E-state index is 0.109. The van der Waals surface area contributed by atoms with E-state index in [0.717, 1.165) is 22.3 Å². The van der Waals surface area contributed by atoms with Gasteiger partial charge in [-0.2, -0.15) is 0 Å². The lowest BCUT2D eigenvalue weighted by molar-refractivity contribution is -0.120. The van der Waals surface area contributed by atoms with E-state index in [1.807, 2.05) is 36.4 Å². The zero-order valence-electron chi connectivity index (χ0n) is 14.8. The summed E-state index contributed by atoms with van der Waals surface area (Å²) in [6.45, 7) is 0. The number of hydrogen-bond acceptors (Lipinski definition) is 4. The molecule has 1 atom stereocenters. The van der Waals surface area contributed by atoms with Gasteiger partial charge in [-0.3, -0.25) is 4.79 Å². The Morgan fingerprint density at radius 3 is 2.59 bits per heavy atom. The Kier molecular flexibility index (Phi) is 4.36. The molecule has 3 aromatic rings. The highest BCUT2D eigenvalue weighted by atomic mass is 32.2. The summed E-state index contributed by atoms with van der Waals surface area (Å²) in [7, 11) is -2.38. The summed E-state index contributed by atoms with van der Waals surface area (Å²) >= 11 is 0. The van der Waals surface area contributed by atoms with Gasteiger partial charge in [-0.25, -0.2) is 13.1 Å². The summed E-state index contributed by atoms with van der Waals surface area (Å²) < 4.78 is 33.4. The Balaban J connectivity index is 1.66. The number of fused-ring (bicyclic) bond motifs is 2. The fraction of sp³-hybridized carbons (Fsp3) is 0.190. The van der Waals surface area contributed by atoms with Crippen LogP contribution < -0.4 is 9.46 Å². The molecule has 1 aliphatic carbocycles. The van der Waals surface area contributed by atoms with Crippen LogP contribution in [0.2, 0.25) is 0 Å². The number of rotatable bonds is 4. The maximum atomic E-state index is 12.9. The number of carbonyl (C=O) groups is 1. The van der Waals surface area contributed by atoms with E-state index in [1.165, 1.54) is 6.07 Å². The molecule has 4 rings (SSSR count). The van der Waals surface area contributed by atoms with Crippen molar-refractivity contribution < 1.29 is 17.9 Å². The van der Waals surface area contributed by atoms with Gasteiger partial charge in [0, 0.05) is 5.39 Å². The van der Waals surface area contributed by atoms with Gasteiger partial charge in [0.15, 0.2) is 0 Å². The molecule has 1 aliphatic rings. The fourth-order valence-corrected chi connectivity index (χ4v) is 5.02. The first-order valence-electron chi connectivity index (χ1n) is 8.71. The molecule has 0 heterocycles. The van der Waals surface area contributed by atoms with E-state index in [4.69, 9.17) is 4.74 Å². The first-order valence-corrected chi connectivity index (χ1v) is 10.2. The molecule has 1 N–H and O–H groups in total. The van der Waals surface area contributed by atoms with Gasteiger partial charge in [0.2, 0.25) is 5.91 Å². The van der Waals surface area contributed by atoms with Crippen molar-refractivity contribution >= 4 is 26.7 Å². The Hall–Kier alpha value is -2.86. The van der Waals surface area contributed by atoms with Gasteiger partial charge in [-0.15, -0.1) is 0 Å². The lowest BCUT2D eigenvalue weighted by Crippen LogP contribution is -2.34. The van der Waals surface area contributed by atoms with Crippen molar-refractivity contribution in [3.8, 4) is 5.75 Å². The maximum absolute atomic E-state index is 12.9. The number of ether oxygens (including phenoxy) is 1. The van der Waals surface area contributed by atoms with Crippen molar-refractivity contribution in [2.45, 2.75) is 23.7 Å². The zero-order valence-corrected chi connectivity index (χ0v) is 15.6. The van der Waals surface area contributed by atoms with Crippen LogP contribution in [-0.4, -0.2) is 21.4 Å². The number of nitrogens with one attached hydrogen (secondary N) is 1. The molecule has 1 unspecified atom stereocenters. The van der Waals surface area contributed by atoms with Crippen LogP contribution in [0.1, 0.15) is 23.5 Å². The van der Waals surface area contributed by atoms with Crippen LogP contribution in [0.25, 0.3) is 10.8 Å². The Morgan fingerprint density at radius 2 is 1.78 bits per heavy atom. The second-order valence-corrected chi connectivity index (χ2v) is 8.22.